The van der Waals surface area contributed by atoms with Crippen LogP contribution in [0, 0.1) is 0 Å². The zero-order valence-electron chi connectivity index (χ0n) is 19.3. The fourth-order valence-electron chi connectivity index (χ4n) is 5.73. The average molecular weight is 503 g/mol. The first-order valence-corrected chi connectivity index (χ1v) is 14.6. The van der Waals surface area contributed by atoms with E-state index < -0.39 is 8.09 Å². The van der Waals surface area contributed by atoms with Crippen LogP contribution in [0.2, 0.25) is 0 Å². The molecule has 3 aliphatic rings. The van der Waals surface area contributed by atoms with Crippen molar-refractivity contribution >= 4 is 40.4 Å². The van der Waals surface area contributed by atoms with Crippen LogP contribution in [0.3, 0.4) is 0 Å². The van der Waals surface area contributed by atoms with Crippen molar-refractivity contribution in [2.24, 2.45) is 0 Å². The zero-order valence-corrected chi connectivity index (χ0v) is 20.3. The summed E-state index contributed by atoms with van der Waals surface area (Å²) in [6.07, 6.45) is 0. The van der Waals surface area contributed by atoms with Crippen molar-refractivity contribution in [1.29, 1.82) is 0 Å². The molecule has 0 unspecified atom stereocenters. The third kappa shape index (κ3) is 2.34. The van der Waals surface area contributed by atoms with Gasteiger partial charge in [-0.2, -0.15) is 0 Å². The van der Waals surface area contributed by atoms with Crippen molar-refractivity contribution in [1.82, 2.24) is 0 Å². The Hall–Kier alpha value is -4.88. The van der Waals surface area contributed by atoms with Gasteiger partial charge in [0.25, 0.3) is 0 Å². The van der Waals surface area contributed by atoms with E-state index in [1.807, 2.05) is 109 Å². The summed E-state index contributed by atoms with van der Waals surface area (Å²) in [7, 11) is -6.20. The van der Waals surface area contributed by atoms with E-state index in [1.54, 1.807) is 0 Å². The van der Waals surface area contributed by atoms with Crippen LogP contribution in [0.25, 0.3) is 32.3 Å². The predicted octanol–water partition coefficient (Wildman–Crippen LogP) is 7.20. The van der Waals surface area contributed by atoms with E-state index in [0.29, 0.717) is 34.5 Å². The molecule has 37 heavy (non-hydrogen) atoms. The number of hydrogen-bond donors (Lipinski definition) is 0. The molecule has 0 saturated carbocycles. The summed E-state index contributed by atoms with van der Waals surface area (Å²) in [6.45, 7) is 0. The van der Waals surface area contributed by atoms with Gasteiger partial charge in [0.05, 0.1) is 0 Å². The van der Waals surface area contributed by atoms with E-state index in [4.69, 9.17) is 26.6 Å². The van der Waals surface area contributed by atoms with Gasteiger partial charge in [0.1, 0.15) is 0 Å². The Morgan fingerprint density at radius 1 is 0.297 bits per heavy atom. The van der Waals surface area contributed by atoms with Crippen LogP contribution in [0.15, 0.2) is 109 Å². The minimum absolute atomic E-state index is 0.429. The summed E-state index contributed by atoms with van der Waals surface area (Å²) in [5.74, 6) is 2.57. The number of hydrogen-bond acceptors (Lipinski definition) is 6. The summed E-state index contributed by atoms with van der Waals surface area (Å²) < 4.78 is 40.0. The Morgan fingerprint density at radius 3 is 0.676 bits per heavy atom. The van der Waals surface area contributed by atoms with Gasteiger partial charge in [0.2, 0.25) is 0 Å². The van der Waals surface area contributed by atoms with Gasteiger partial charge in [-0.15, -0.1) is 0 Å². The van der Waals surface area contributed by atoms with Crippen LogP contribution < -0.4 is 26.6 Å². The quantitative estimate of drug-likeness (QED) is 0.205. The second kappa shape index (κ2) is 5.74. The monoisotopic (exact) mass is 502 g/mol. The SMILES string of the molecule is c1ccc2cc3c(cc2c1)O[Si-2]12(O3)(Oc3cc4ccccc4cc3O1)Oc1cc3ccccc3cc1O2. The molecule has 0 bridgehead atoms. The standard InChI is InChI=1S/C30H18O6Si/c1-2-8-20-14-26-25(13-19(20)7-1)31-37(32-26,33-27-15-21-9-3-4-10-22(21)16-28(27)34-37)35-29-17-23-11-5-6-12-24(23)18-30(29)36-37/h1-18H/q-2. The van der Waals surface area contributed by atoms with E-state index in [9.17, 15) is 0 Å². The summed E-state index contributed by atoms with van der Waals surface area (Å²) in [6, 6.07) is 35.2. The average Bonchev–Trinajstić information content (AvgIpc) is 3.45. The molecule has 3 aliphatic heterocycles. The molecule has 7 heteroatoms. The van der Waals surface area contributed by atoms with Gasteiger partial charge in [0, 0.05) is 0 Å². The molecule has 0 aromatic heterocycles. The molecule has 0 N–H and O–H groups in total. The van der Waals surface area contributed by atoms with E-state index >= 15 is 0 Å². The van der Waals surface area contributed by atoms with Gasteiger partial charge < -0.3 is 0 Å². The van der Waals surface area contributed by atoms with Crippen LogP contribution >= 0.6 is 0 Å². The number of fused-ring (bicyclic) bond motifs is 6. The molecule has 6 aromatic rings. The molecule has 6 nitrogen and oxygen atoms in total. The Bertz CT molecular complexity index is 1630. The minimum atomic E-state index is -6.20. The molecule has 1 spiro atoms. The fourth-order valence-corrected chi connectivity index (χ4v) is 10.0. The predicted molar refractivity (Wildman–Crippen MR) is 141 cm³/mol. The van der Waals surface area contributed by atoms with Crippen molar-refractivity contribution in [2.45, 2.75) is 0 Å². The van der Waals surface area contributed by atoms with Crippen LogP contribution in [0.5, 0.6) is 34.5 Å². The van der Waals surface area contributed by atoms with E-state index in [0.717, 1.165) is 32.3 Å². The topological polar surface area (TPSA) is 55.4 Å². The van der Waals surface area contributed by atoms with Gasteiger partial charge >= 0.3 is 211 Å². The van der Waals surface area contributed by atoms with Crippen LogP contribution in [-0.4, -0.2) is 8.09 Å². The van der Waals surface area contributed by atoms with Gasteiger partial charge in [0.15, 0.2) is 0 Å². The fraction of sp³-hybridized carbons (Fsp3) is 0. The van der Waals surface area contributed by atoms with Gasteiger partial charge in [-0.25, -0.2) is 0 Å². The normalized spacial score (nSPS) is 20.1. The summed E-state index contributed by atoms with van der Waals surface area (Å²) in [5, 5.41) is 5.88. The first-order chi connectivity index (χ1) is 18.0. The van der Waals surface area contributed by atoms with E-state index in [1.165, 1.54) is 0 Å². The second-order valence-corrected chi connectivity index (χ2v) is 13.5. The molecular weight excluding hydrogens is 484 g/mol. The molecule has 0 atom stereocenters. The molecule has 0 radical (unpaired) electrons. The van der Waals surface area contributed by atoms with Crippen molar-refractivity contribution in [3.8, 4) is 34.5 Å². The summed E-state index contributed by atoms with van der Waals surface area (Å²) in [4.78, 5) is 0. The summed E-state index contributed by atoms with van der Waals surface area (Å²) >= 11 is 0. The molecule has 0 amide bonds. The van der Waals surface area contributed by atoms with Crippen molar-refractivity contribution < 1.29 is 26.6 Å². The Labute approximate surface area is 210 Å². The van der Waals surface area contributed by atoms with E-state index in [-0.39, 0.29) is 0 Å². The van der Waals surface area contributed by atoms with Gasteiger partial charge in [-0.3, -0.25) is 0 Å². The Kier molecular flexibility index (Phi) is 3.00. The molecule has 9 rings (SSSR count). The van der Waals surface area contributed by atoms with Crippen LogP contribution in [0.4, 0.5) is 0 Å². The molecule has 0 fully saturated rings. The summed E-state index contributed by atoms with van der Waals surface area (Å²) in [5.41, 5.74) is 0. The number of rotatable bonds is 0. The van der Waals surface area contributed by atoms with Crippen LogP contribution in [0.1, 0.15) is 0 Å². The van der Waals surface area contributed by atoms with Gasteiger partial charge in [-0.1, -0.05) is 0 Å². The molecule has 180 valence electrons. The Balaban J connectivity index is 1.31. The second-order valence-electron chi connectivity index (χ2n) is 9.80. The maximum absolute atomic E-state index is 6.66. The molecule has 0 aliphatic carbocycles. The first kappa shape index (κ1) is 19.3. The third-order valence-corrected chi connectivity index (χ3v) is 11.2. The van der Waals surface area contributed by atoms with Crippen molar-refractivity contribution in [2.75, 3.05) is 0 Å². The Morgan fingerprint density at radius 2 is 0.486 bits per heavy atom. The van der Waals surface area contributed by atoms with Gasteiger partial charge in [-0.05, 0) is 0 Å². The molecule has 6 aromatic carbocycles. The van der Waals surface area contributed by atoms with E-state index in [2.05, 4.69) is 0 Å². The number of benzene rings is 6. The molecule has 0 saturated heterocycles. The first-order valence-electron chi connectivity index (χ1n) is 12.1. The zero-order chi connectivity index (χ0) is 24.3. The molecular formula is C30H18O6Si-2. The maximum atomic E-state index is 6.66. The van der Waals surface area contributed by atoms with Crippen molar-refractivity contribution in [3.63, 3.8) is 0 Å². The molecule has 3 heterocycles. The third-order valence-electron chi connectivity index (χ3n) is 7.35. The van der Waals surface area contributed by atoms with Crippen LogP contribution in [-0.2, 0) is 0 Å². The van der Waals surface area contributed by atoms with Crippen molar-refractivity contribution in [3.05, 3.63) is 109 Å².